The first-order valence-corrected chi connectivity index (χ1v) is 8.12. The van der Waals surface area contributed by atoms with Crippen LogP contribution in [0.3, 0.4) is 0 Å². The summed E-state index contributed by atoms with van der Waals surface area (Å²) < 4.78 is 38.3. The van der Waals surface area contributed by atoms with Crippen LogP contribution in [0.2, 0.25) is 5.02 Å². The van der Waals surface area contributed by atoms with Crippen molar-refractivity contribution in [2.24, 2.45) is 5.10 Å². The first kappa shape index (κ1) is 18.0. The number of nitrogens with zero attached hydrogens (tertiary/aromatic N) is 1. The van der Waals surface area contributed by atoms with E-state index in [0.717, 1.165) is 28.8 Å². The molecule has 26 heavy (non-hydrogen) atoms. The number of alkyl halides is 3. The Bertz CT molecular complexity index is 905. The molecule has 3 aromatic rings. The molecule has 0 atom stereocenters. The molecule has 0 spiro atoms. The average molecular weight is 375 g/mol. The quantitative estimate of drug-likeness (QED) is 0.410. The van der Waals surface area contributed by atoms with E-state index in [1.54, 1.807) is 0 Å². The Labute approximate surface area is 153 Å². The summed E-state index contributed by atoms with van der Waals surface area (Å²) in [5.74, 6) is 0. The second kappa shape index (κ2) is 7.62. The van der Waals surface area contributed by atoms with Crippen LogP contribution < -0.4 is 5.43 Å². The minimum Gasteiger partial charge on any atom is -0.277 e. The second-order valence-electron chi connectivity index (χ2n) is 5.55. The summed E-state index contributed by atoms with van der Waals surface area (Å²) in [6.07, 6.45) is -2.91. The normalized spacial score (nSPS) is 11.7. The van der Waals surface area contributed by atoms with Crippen LogP contribution in [0.25, 0.3) is 11.1 Å². The van der Waals surface area contributed by atoms with Crippen molar-refractivity contribution in [2.75, 3.05) is 5.43 Å². The molecule has 1 N–H and O–H groups in total. The molecule has 0 radical (unpaired) electrons. The summed E-state index contributed by atoms with van der Waals surface area (Å²) in [4.78, 5) is 0. The van der Waals surface area contributed by atoms with E-state index in [1.807, 2.05) is 54.6 Å². The van der Waals surface area contributed by atoms with Crippen LogP contribution in [-0.2, 0) is 6.18 Å². The third-order valence-electron chi connectivity index (χ3n) is 3.71. The van der Waals surface area contributed by atoms with Gasteiger partial charge >= 0.3 is 6.18 Å². The highest BCUT2D eigenvalue weighted by Crippen LogP contribution is 2.33. The SMILES string of the molecule is FC(F)(F)c1ccc(Cl)c(N/N=C/c2ccc(-c3ccccc3)cc2)c1. The van der Waals surface area contributed by atoms with E-state index in [9.17, 15) is 13.2 Å². The smallest absolute Gasteiger partial charge is 0.277 e. The Kier molecular flexibility index (Phi) is 5.28. The predicted octanol–water partition coefficient (Wildman–Crippen LogP) is 6.47. The Balaban J connectivity index is 1.71. The minimum atomic E-state index is -4.43. The molecule has 2 nitrogen and oxygen atoms in total. The van der Waals surface area contributed by atoms with E-state index in [1.165, 1.54) is 12.3 Å². The van der Waals surface area contributed by atoms with E-state index < -0.39 is 11.7 Å². The second-order valence-corrected chi connectivity index (χ2v) is 5.96. The molecule has 0 aliphatic rings. The lowest BCUT2D eigenvalue weighted by Crippen LogP contribution is -2.05. The molecule has 0 saturated heterocycles. The maximum atomic E-state index is 12.8. The lowest BCUT2D eigenvalue weighted by Gasteiger charge is -2.09. The number of rotatable bonds is 4. The largest absolute Gasteiger partial charge is 0.416 e. The summed E-state index contributed by atoms with van der Waals surface area (Å²) in [6.45, 7) is 0. The van der Waals surface area contributed by atoms with Crippen LogP contribution in [0.4, 0.5) is 18.9 Å². The van der Waals surface area contributed by atoms with Crippen LogP contribution in [0.1, 0.15) is 11.1 Å². The molecular weight excluding hydrogens is 361 g/mol. The highest BCUT2D eigenvalue weighted by atomic mass is 35.5. The molecule has 0 heterocycles. The molecule has 0 fully saturated rings. The Morgan fingerprint density at radius 3 is 2.15 bits per heavy atom. The molecule has 3 aromatic carbocycles. The number of hydrazone groups is 1. The summed E-state index contributed by atoms with van der Waals surface area (Å²) in [6, 6.07) is 20.6. The molecule has 0 bridgehead atoms. The fraction of sp³-hybridized carbons (Fsp3) is 0.0500. The van der Waals surface area contributed by atoms with Crippen molar-refractivity contribution in [1.29, 1.82) is 0 Å². The van der Waals surface area contributed by atoms with Gasteiger partial charge in [-0.1, -0.05) is 66.2 Å². The Morgan fingerprint density at radius 2 is 1.50 bits per heavy atom. The first-order chi connectivity index (χ1) is 12.4. The van der Waals surface area contributed by atoms with Gasteiger partial charge < -0.3 is 0 Å². The highest BCUT2D eigenvalue weighted by molar-refractivity contribution is 6.33. The van der Waals surface area contributed by atoms with Gasteiger partial charge in [-0.25, -0.2) is 0 Å². The molecule has 0 unspecified atom stereocenters. The molecule has 0 aromatic heterocycles. The summed E-state index contributed by atoms with van der Waals surface area (Å²) in [5.41, 5.74) is 4.84. The van der Waals surface area contributed by atoms with Gasteiger partial charge in [0, 0.05) is 0 Å². The van der Waals surface area contributed by atoms with Gasteiger partial charge in [-0.05, 0) is 34.9 Å². The number of halogens is 4. The summed E-state index contributed by atoms with van der Waals surface area (Å²) in [5, 5.41) is 4.13. The zero-order valence-corrected chi connectivity index (χ0v) is 14.2. The van der Waals surface area contributed by atoms with Crippen molar-refractivity contribution in [2.45, 2.75) is 6.18 Å². The lowest BCUT2D eigenvalue weighted by atomic mass is 10.0. The topological polar surface area (TPSA) is 24.4 Å². The van der Waals surface area contributed by atoms with E-state index in [0.29, 0.717) is 0 Å². The highest BCUT2D eigenvalue weighted by Gasteiger charge is 2.30. The van der Waals surface area contributed by atoms with Gasteiger partial charge in [0.05, 0.1) is 22.5 Å². The Morgan fingerprint density at radius 1 is 0.846 bits per heavy atom. The van der Waals surface area contributed by atoms with Gasteiger partial charge in [-0.3, -0.25) is 5.43 Å². The van der Waals surface area contributed by atoms with Gasteiger partial charge in [0.15, 0.2) is 0 Å². The molecule has 6 heteroatoms. The predicted molar refractivity (Wildman–Crippen MR) is 99.5 cm³/mol. The zero-order valence-electron chi connectivity index (χ0n) is 13.5. The molecule has 0 aliphatic heterocycles. The number of nitrogens with one attached hydrogen (secondary N) is 1. The fourth-order valence-electron chi connectivity index (χ4n) is 2.36. The van der Waals surface area contributed by atoms with Gasteiger partial charge in [0.25, 0.3) is 0 Å². The van der Waals surface area contributed by atoms with Gasteiger partial charge in [0.1, 0.15) is 0 Å². The summed E-state index contributed by atoms with van der Waals surface area (Å²) >= 11 is 5.91. The van der Waals surface area contributed by atoms with Crippen molar-refractivity contribution in [1.82, 2.24) is 0 Å². The molecule has 0 saturated carbocycles. The standard InChI is InChI=1S/C20H14ClF3N2/c21-18-11-10-17(20(22,23)24)12-19(18)26-25-13-14-6-8-16(9-7-14)15-4-2-1-3-5-15/h1-13,26H/b25-13+. The van der Waals surface area contributed by atoms with Crippen molar-refractivity contribution in [3.8, 4) is 11.1 Å². The van der Waals surface area contributed by atoms with Gasteiger partial charge in [-0.2, -0.15) is 18.3 Å². The maximum Gasteiger partial charge on any atom is 0.416 e. The van der Waals surface area contributed by atoms with Gasteiger partial charge in [0.2, 0.25) is 0 Å². The minimum absolute atomic E-state index is 0.0960. The van der Waals surface area contributed by atoms with Crippen LogP contribution in [-0.4, -0.2) is 6.21 Å². The van der Waals surface area contributed by atoms with Crippen molar-refractivity contribution < 1.29 is 13.2 Å². The third-order valence-corrected chi connectivity index (χ3v) is 4.04. The molecule has 0 aliphatic carbocycles. The number of anilines is 1. The van der Waals surface area contributed by atoms with Crippen LogP contribution in [0.15, 0.2) is 77.9 Å². The Hall–Kier alpha value is -2.79. The van der Waals surface area contributed by atoms with E-state index in [-0.39, 0.29) is 10.7 Å². The molecule has 0 amide bonds. The van der Waals surface area contributed by atoms with Crippen molar-refractivity contribution >= 4 is 23.5 Å². The third kappa shape index (κ3) is 4.43. The van der Waals surface area contributed by atoms with Crippen LogP contribution in [0, 0.1) is 0 Å². The molecular formula is C20H14ClF3N2. The summed E-state index contributed by atoms with van der Waals surface area (Å²) in [7, 11) is 0. The lowest BCUT2D eigenvalue weighted by molar-refractivity contribution is -0.137. The van der Waals surface area contributed by atoms with Crippen LogP contribution >= 0.6 is 11.6 Å². The van der Waals surface area contributed by atoms with E-state index >= 15 is 0 Å². The van der Waals surface area contributed by atoms with Crippen LogP contribution in [0.5, 0.6) is 0 Å². The molecule has 3 rings (SSSR count). The van der Waals surface area contributed by atoms with E-state index in [2.05, 4.69) is 10.5 Å². The average Bonchev–Trinajstić information content (AvgIpc) is 2.63. The number of hydrogen-bond acceptors (Lipinski definition) is 2. The van der Waals surface area contributed by atoms with Crippen molar-refractivity contribution in [3.05, 3.63) is 88.9 Å². The number of benzene rings is 3. The van der Waals surface area contributed by atoms with Gasteiger partial charge in [-0.15, -0.1) is 0 Å². The zero-order chi connectivity index (χ0) is 18.6. The number of hydrogen-bond donors (Lipinski definition) is 1. The first-order valence-electron chi connectivity index (χ1n) is 7.75. The monoisotopic (exact) mass is 374 g/mol. The fourth-order valence-corrected chi connectivity index (χ4v) is 2.52. The maximum absolute atomic E-state index is 12.8. The molecule has 132 valence electrons. The van der Waals surface area contributed by atoms with E-state index in [4.69, 9.17) is 11.6 Å². The van der Waals surface area contributed by atoms with Crippen molar-refractivity contribution in [3.63, 3.8) is 0 Å².